The van der Waals surface area contributed by atoms with Crippen LogP contribution < -0.4 is 0 Å². The third kappa shape index (κ3) is 4.31. The molecule has 5 heteroatoms. The standard InChI is InChI=1S/C25H25NO3S/c27-25(24(20-11-4-1-5-12-20)21-13-6-2-7-14-21)26-18-10-15-22(26)19-30(28,29)23-16-8-3-9-17-23/h1-9,11-14,16-17,22,24H,10,15,18-19H2. The first-order valence-corrected chi connectivity index (χ1v) is 11.9. The first-order chi connectivity index (χ1) is 14.6. The van der Waals surface area contributed by atoms with Gasteiger partial charge in [-0.1, -0.05) is 78.9 Å². The number of carbonyl (C=O) groups is 1. The summed E-state index contributed by atoms with van der Waals surface area (Å²) in [5.41, 5.74) is 1.84. The van der Waals surface area contributed by atoms with Crippen LogP contribution in [0.25, 0.3) is 0 Å². The highest BCUT2D eigenvalue weighted by Gasteiger charge is 2.37. The van der Waals surface area contributed by atoms with Crippen molar-refractivity contribution in [2.45, 2.75) is 29.7 Å². The molecule has 1 unspecified atom stereocenters. The van der Waals surface area contributed by atoms with Gasteiger partial charge in [-0.15, -0.1) is 0 Å². The summed E-state index contributed by atoms with van der Waals surface area (Å²) in [5, 5.41) is 0. The van der Waals surface area contributed by atoms with E-state index in [1.807, 2.05) is 60.7 Å². The Morgan fingerprint density at radius 3 is 1.87 bits per heavy atom. The predicted octanol–water partition coefficient (Wildman–Crippen LogP) is 4.28. The normalized spacial score (nSPS) is 16.7. The van der Waals surface area contributed by atoms with Gasteiger partial charge in [0.1, 0.15) is 0 Å². The van der Waals surface area contributed by atoms with Gasteiger partial charge in [-0.25, -0.2) is 8.42 Å². The molecule has 0 radical (unpaired) electrons. The average molecular weight is 420 g/mol. The number of hydrogen-bond donors (Lipinski definition) is 0. The highest BCUT2D eigenvalue weighted by Crippen LogP contribution is 2.31. The first-order valence-electron chi connectivity index (χ1n) is 10.2. The van der Waals surface area contributed by atoms with Gasteiger partial charge >= 0.3 is 0 Å². The number of likely N-dealkylation sites (tertiary alicyclic amines) is 1. The number of hydrogen-bond acceptors (Lipinski definition) is 3. The first kappa shape index (κ1) is 20.4. The lowest BCUT2D eigenvalue weighted by Crippen LogP contribution is -2.42. The van der Waals surface area contributed by atoms with E-state index in [-0.39, 0.29) is 17.7 Å². The van der Waals surface area contributed by atoms with Crippen LogP contribution in [0.15, 0.2) is 95.9 Å². The zero-order valence-corrected chi connectivity index (χ0v) is 17.5. The monoisotopic (exact) mass is 419 g/mol. The second-order valence-electron chi connectivity index (χ2n) is 7.68. The van der Waals surface area contributed by atoms with E-state index in [0.29, 0.717) is 17.9 Å². The lowest BCUT2D eigenvalue weighted by molar-refractivity contribution is -0.132. The van der Waals surface area contributed by atoms with Crippen molar-refractivity contribution < 1.29 is 13.2 Å². The van der Waals surface area contributed by atoms with Crippen LogP contribution in [0.5, 0.6) is 0 Å². The van der Waals surface area contributed by atoms with E-state index in [4.69, 9.17) is 0 Å². The van der Waals surface area contributed by atoms with E-state index in [2.05, 4.69) is 0 Å². The lowest BCUT2D eigenvalue weighted by Gasteiger charge is -2.29. The minimum atomic E-state index is -3.46. The molecule has 1 saturated heterocycles. The van der Waals surface area contributed by atoms with Crippen LogP contribution in [0.4, 0.5) is 0 Å². The van der Waals surface area contributed by atoms with Crippen LogP contribution in [-0.2, 0) is 14.6 Å². The molecular formula is C25H25NO3S. The molecule has 30 heavy (non-hydrogen) atoms. The van der Waals surface area contributed by atoms with Crippen LogP contribution in [0.3, 0.4) is 0 Å². The summed E-state index contributed by atoms with van der Waals surface area (Å²) in [6, 6.07) is 27.6. The van der Waals surface area contributed by atoms with Crippen molar-refractivity contribution in [2.24, 2.45) is 0 Å². The summed E-state index contributed by atoms with van der Waals surface area (Å²) >= 11 is 0. The minimum absolute atomic E-state index is 0.0295. The molecule has 4 rings (SSSR count). The number of sulfone groups is 1. The second-order valence-corrected chi connectivity index (χ2v) is 9.71. The molecule has 0 aliphatic carbocycles. The maximum absolute atomic E-state index is 13.7. The Balaban J connectivity index is 1.63. The number of nitrogens with zero attached hydrogens (tertiary/aromatic N) is 1. The van der Waals surface area contributed by atoms with Crippen molar-refractivity contribution >= 4 is 15.7 Å². The van der Waals surface area contributed by atoms with Crippen LogP contribution in [0, 0.1) is 0 Å². The Kier molecular flexibility index (Phi) is 6.00. The molecule has 3 aromatic rings. The Bertz CT molecular complexity index is 1040. The third-order valence-corrected chi connectivity index (χ3v) is 7.50. The number of amides is 1. The number of carbonyl (C=O) groups excluding carboxylic acids is 1. The topological polar surface area (TPSA) is 54.5 Å². The van der Waals surface area contributed by atoms with Crippen LogP contribution in [0.2, 0.25) is 0 Å². The van der Waals surface area contributed by atoms with Crippen LogP contribution in [0.1, 0.15) is 29.9 Å². The molecule has 154 valence electrons. The van der Waals surface area contributed by atoms with Crippen molar-refractivity contribution in [3.63, 3.8) is 0 Å². The molecule has 0 aromatic heterocycles. The molecule has 1 aliphatic heterocycles. The summed E-state index contributed by atoms with van der Waals surface area (Å²) in [6.07, 6.45) is 1.52. The number of rotatable bonds is 6. The van der Waals surface area contributed by atoms with Gasteiger partial charge in [0.05, 0.1) is 16.6 Å². The molecule has 0 N–H and O–H groups in total. The lowest BCUT2D eigenvalue weighted by atomic mass is 9.90. The van der Waals surface area contributed by atoms with Gasteiger partial charge in [-0.3, -0.25) is 4.79 Å². The van der Waals surface area contributed by atoms with Crippen LogP contribution >= 0.6 is 0 Å². The molecule has 1 amide bonds. The summed E-state index contributed by atoms with van der Waals surface area (Å²) < 4.78 is 25.9. The Labute approximate surface area is 178 Å². The van der Waals surface area contributed by atoms with Crippen molar-refractivity contribution in [2.75, 3.05) is 12.3 Å². The maximum Gasteiger partial charge on any atom is 0.234 e. The smallest absolute Gasteiger partial charge is 0.234 e. The van der Waals surface area contributed by atoms with Crippen molar-refractivity contribution in [1.29, 1.82) is 0 Å². The Morgan fingerprint density at radius 1 is 0.833 bits per heavy atom. The van der Waals surface area contributed by atoms with Gasteiger partial charge in [-0.2, -0.15) is 0 Å². The zero-order valence-electron chi connectivity index (χ0n) is 16.7. The third-order valence-electron chi connectivity index (χ3n) is 5.69. The molecule has 0 spiro atoms. The van der Waals surface area contributed by atoms with Crippen molar-refractivity contribution in [1.82, 2.24) is 4.90 Å². The van der Waals surface area contributed by atoms with E-state index in [9.17, 15) is 13.2 Å². The van der Waals surface area contributed by atoms with E-state index in [1.165, 1.54) is 0 Å². The van der Waals surface area contributed by atoms with Gasteiger partial charge in [0.15, 0.2) is 9.84 Å². The SMILES string of the molecule is O=C(C(c1ccccc1)c1ccccc1)N1CCCC1CS(=O)(=O)c1ccccc1. The van der Waals surface area contributed by atoms with Gasteiger partial charge in [0.25, 0.3) is 0 Å². The average Bonchev–Trinajstić information content (AvgIpc) is 3.23. The molecule has 1 fully saturated rings. The molecule has 1 atom stereocenters. The number of benzene rings is 3. The summed E-state index contributed by atoms with van der Waals surface area (Å²) in [5.74, 6) is -0.510. The largest absolute Gasteiger partial charge is 0.338 e. The van der Waals surface area contributed by atoms with Gasteiger partial charge < -0.3 is 4.90 Å². The van der Waals surface area contributed by atoms with Crippen LogP contribution in [-0.4, -0.2) is 37.6 Å². The highest BCUT2D eigenvalue weighted by molar-refractivity contribution is 7.91. The second kappa shape index (κ2) is 8.84. The fourth-order valence-electron chi connectivity index (χ4n) is 4.21. The quantitative estimate of drug-likeness (QED) is 0.599. The summed E-state index contributed by atoms with van der Waals surface area (Å²) in [4.78, 5) is 15.8. The molecule has 0 bridgehead atoms. The summed E-state index contributed by atoms with van der Waals surface area (Å²) in [7, 11) is -3.46. The zero-order chi connectivity index (χ0) is 21.0. The molecule has 3 aromatic carbocycles. The molecule has 4 nitrogen and oxygen atoms in total. The Hall–Kier alpha value is -2.92. The van der Waals surface area contributed by atoms with E-state index < -0.39 is 15.8 Å². The van der Waals surface area contributed by atoms with E-state index >= 15 is 0 Å². The van der Waals surface area contributed by atoms with Crippen molar-refractivity contribution in [3.8, 4) is 0 Å². The van der Waals surface area contributed by atoms with Gasteiger partial charge in [-0.05, 0) is 36.1 Å². The fraction of sp³-hybridized carbons (Fsp3) is 0.240. The molecule has 1 aliphatic rings. The molecule has 1 heterocycles. The highest BCUT2D eigenvalue weighted by atomic mass is 32.2. The van der Waals surface area contributed by atoms with E-state index in [0.717, 1.165) is 17.5 Å². The molecular weight excluding hydrogens is 394 g/mol. The minimum Gasteiger partial charge on any atom is -0.338 e. The maximum atomic E-state index is 13.7. The molecule has 0 saturated carbocycles. The van der Waals surface area contributed by atoms with E-state index in [1.54, 1.807) is 35.2 Å². The fourth-order valence-corrected chi connectivity index (χ4v) is 5.83. The summed E-state index contributed by atoms with van der Waals surface area (Å²) in [6.45, 7) is 0.587. The van der Waals surface area contributed by atoms with Crippen molar-refractivity contribution in [3.05, 3.63) is 102 Å². The van der Waals surface area contributed by atoms with Gasteiger partial charge in [0, 0.05) is 12.6 Å². The Morgan fingerprint density at radius 2 is 1.33 bits per heavy atom. The predicted molar refractivity (Wildman–Crippen MR) is 118 cm³/mol. The van der Waals surface area contributed by atoms with Gasteiger partial charge in [0.2, 0.25) is 5.91 Å².